The van der Waals surface area contributed by atoms with Gasteiger partial charge in [0.25, 0.3) is 0 Å². The Morgan fingerprint density at radius 2 is 2.57 bits per heavy atom. The molecule has 3 N–H and O–H groups in total. The van der Waals surface area contributed by atoms with Gasteiger partial charge in [-0.05, 0) is 6.42 Å². The van der Waals surface area contributed by atoms with E-state index in [1.165, 1.54) is 0 Å². The zero-order valence-corrected chi connectivity index (χ0v) is 8.45. The first-order valence-corrected chi connectivity index (χ1v) is 4.95. The van der Waals surface area contributed by atoms with E-state index in [1.54, 1.807) is 0 Å². The summed E-state index contributed by atoms with van der Waals surface area (Å²) in [5, 5.41) is 3.93. The van der Waals surface area contributed by atoms with Gasteiger partial charge in [-0.3, -0.25) is 0 Å². The van der Waals surface area contributed by atoms with Gasteiger partial charge >= 0.3 is 6.03 Å². The van der Waals surface area contributed by atoms with Crippen molar-refractivity contribution in [1.82, 2.24) is 5.43 Å². The number of carbonyl (C=O) groups excluding carboxylic acids is 1. The molecule has 0 aliphatic carbocycles. The number of amides is 2. The number of ether oxygens (including phenoxy) is 1. The van der Waals surface area contributed by atoms with Crippen molar-refractivity contribution in [2.24, 2.45) is 10.8 Å². The van der Waals surface area contributed by atoms with Crippen LogP contribution in [0.15, 0.2) is 5.10 Å². The Labute approximate surface area is 83.7 Å². The second-order valence-electron chi connectivity index (χ2n) is 3.39. The van der Waals surface area contributed by atoms with Crippen LogP contribution in [-0.4, -0.2) is 24.5 Å². The molecule has 0 aromatic rings. The van der Waals surface area contributed by atoms with Crippen molar-refractivity contribution >= 4 is 11.7 Å². The van der Waals surface area contributed by atoms with E-state index in [9.17, 15) is 4.79 Å². The van der Waals surface area contributed by atoms with Crippen LogP contribution in [0.2, 0.25) is 0 Å². The highest BCUT2D eigenvalue weighted by Gasteiger charge is 2.17. The van der Waals surface area contributed by atoms with Gasteiger partial charge < -0.3 is 10.5 Å². The highest BCUT2D eigenvalue weighted by molar-refractivity contribution is 5.86. The highest BCUT2D eigenvalue weighted by Crippen LogP contribution is 2.15. The number of hydrogen-bond donors (Lipinski definition) is 2. The van der Waals surface area contributed by atoms with Gasteiger partial charge in [-0.1, -0.05) is 13.3 Å². The van der Waals surface area contributed by atoms with Gasteiger partial charge in [0.2, 0.25) is 0 Å². The third-order valence-corrected chi connectivity index (χ3v) is 2.14. The zero-order chi connectivity index (χ0) is 10.4. The first-order chi connectivity index (χ1) is 6.72. The molecule has 0 spiro atoms. The summed E-state index contributed by atoms with van der Waals surface area (Å²) in [5.41, 5.74) is 8.13. The molecule has 0 saturated carbocycles. The molecule has 1 rings (SSSR count). The van der Waals surface area contributed by atoms with Gasteiger partial charge in [0, 0.05) is 18.6 Å². The monoisotopic (exact) mass is 199 g/mol. The van der Waals surface area contributed by atoms with Crippen LogP contribution >= 0.6 is 0 Å². The minimum absolute atomic E-state index is 0.252. The van der Waals surface area contributed by atoms with Gasteiger partial charge in [-0.15, -0.1) is 0 Å². The maximum Gasteiger partial charge on any atom is 0.332 e. The van der Waals surface area contributed by atoms with Crippen LogP contribution in [0.1, 0.15) is 32.6 Å². The number of urea groups is 1. The van der Waals surface area contributed by atoms with E-state index < -0.39 is 6.03 Å². The Balaban J connectivity index is 2.38. The Hall–Kier alpha value is -1.10. The zero-order valence-electron chi connectivity index (χ0n) is 8.45. The van der Waals surface area contributed by atoms with Gasteiger partial charge in [0.15, 0.2) is 0 Å². The summed E-state index contributed by atoms with van der Waals surface area (Å²) in [7, 11) is 0. The molecule has 1 unspecified atom stereocenters. The topological polar surface area (TPSA) is 76.7 Å². The number of nitrogens with zero attached hydrogens (tertiary/aromatic N) is 1. The lowest BCUT2D eigenvalue weighted by atomic mass is 10.0. The summed E-state index contributed by atoms with van der Waals surface area (Å²) in [5.74, 6) is 0. The van der Waals surface area contributed by atoms with Crippen LogP contribution in [0.4, 0.5) is 4.79 Å². The van der Waals surface area contributed by atoms with Crippen LogP contribution in [0.5, 0.6) is 0 Å². The third-order valence-electron chi connectivity index (χ3n) is 2.14. The van der Waals surface area contributed by atoms with E-state index in [4.69, 9.17) is 10.5 Å². The van der Waals surface area contributed by atoms with Crippen molar-refractivity contribution in [3.05, 3.63) is 0 Å². The largest absolute Gasteiger partial charge is 0.377 e. The molecule has 80 valence electrons. The minimum Gasteiger partial charge on any atom is -0.377 e. The number of nitrogens with one attached hydrogen (secondary N) is 1. The summed E-state index contributed by atoms with van der Waals surface area (Å²) in [4.78, 5) is 10.4. The van der Waals surface area contributed by atoms with E-state index in [2.05, 4.69) is 17.5 Å². The Morgan fingerprint density at radius 1 is 1.79 bits per heavy atom. The van der Waals surface area contributed by atoms with E-state index in [1.807, 2.05) is 0 Å². The molecule has 1 aliphatic rings. The molecule has 1 aliphatic heterocycles. The predicted molar refractivity (Wildman–Crippen MR) is 54.0 cm³/mol. The second kappa shape index (κ2) is 5.59. The summed E-state index contributed by atoms with van der Waals surface area (Å²) in [6.07, 6.45) is 3.97. The summed E-state index contributed by atoms with van der Waals surface area (Å²) >= 11 is 0. The smallest absolute Gasteiger partial charge is 0.332 e. The number of rotatable bonds is 3. The highest BCUT2D eigenvalue weighted by atomic mass is 16.5. The average molecular weight is 199 g/mol. The lowest BCUT2D eigenvalue weighted by Crippen LogP contribution is -2.30. The van der Waals surface area contributed by atoms with Gasteiger partial charge in [-0.25, -0.2) is 10.2 Å². The van der Waals surface area contributed by atoms with Gasteiger partial charge in [0.05, 0.1) is 12.7 Å². The molecule has 0 aromatic heterocycles. The predicted octanol–water partition coefficient (Wildman–Crippen LogP) is 0.990. The Bertz CT molecular complexity index is 226. The quantitative estimate of drug-likeness (QED) is 0.665. The van der Waals surface area contributed by atoms with Crippen molar-refractivity contribution in [3.8, 4) is 0 Å². The molecule has 1 atom stereocenters. The number of hydrazone groups is 1. The average Bonchev–Trinajstić information content (AvgIpc) is 2.16. The number of nitrogens with two attached hydrogens (primary N) is 1. The molecule has 1 heterocycles. The van der Waals surface area contributed by atoms with Crippen molar-refractivity contribution in [2.45, 2.75) is 38.7 Å². The molecular weight excluding hydrogens is 182 g/mol. The fourth-order valence-corrected chi connectivity index (χ4v) is 1.51. The molecule has 0 aromatic carbocycles. The number of carbonyl (C=O) groups is 1. The lowest BCUT2D eigenvalue weighted by molar-refractivity contribution is 0.0440. The van der Waals surface area contributed by atoms with Crippen LogP contribution in [0.25, 0.3) is 0 Å². The fraction of sp³-hybridized carbons (Fsp3) is 0.778. The van der Waals surface area contributed by atoms with Crippen molar-refractivity contribution in [1.29, 1.82) is 0 Å². The van der Waals surface area contributed by atoms with Gasteiger partial charge in [0.1, 0.15) is 0 Å². The van der Waals surface area contributed by atoms with Crippen molar-refractivity contribution in [2.75, 3.05) is 6.61 Å². The van der Waals surface area contributed by atoms with Gasteiger partial charge in [-0.2, -0.15) is 5.10 Å². The summed E-state index contributed by atoms with van der Waals surface area (Å²) in [6, 6.07) is -0.615. The van der Waals surface area contributed by atoms with Crippen LogP contribution in [0.3, 0.4) is 0 Å². The number of primary amides is 1. The molecule has 14 heavy (non-hydrogen) atoms. The first-order valence-electron chi connectivity index (χ1n) is 4.95. The second-order valence-corrected chi connectivity index (χ2v) is 3.39. The molecule has 0 radical (unpaired) electrons. The minimum atomic E-state index is -0.615. The molecule has 5 heteroatoms. The van der Waals surface area contributed by atoms with Crippen LogP contribution in [0, 0.1) is 0 Å². The Kier molecular flexibility index (Phi) is 4.39. The van der Waals surface area contributed by atoms with Crippen LogP contribution < -0.4 is 11.2 Å². The van der Waals surface area contributed by atoms with E-state index in [-0.39, 0.29) is 6.10 Å². The Morgan fingerprint density at radius 3 is 3.21 bits per heavy atom. The normalized spacial score (nSPS) is 24.9. The molecular formula is C9H17N3O2. The maximum atomic E-state index is 10.4. The maximum absolute atomic E-state index is 10.4. The first kappa shape index (κ1) is 11.0. The van der Waals surface area contributed by atoms with E-state index in [0.29, 0.717) is 6.61 Å². The standard InChI is InChI=1S/C9H17N3O2/c1-2-3-8-6-7(4-5-14-8)11-12-9(10)13/h8H,2-6H2,1H3,(H3,10,12,13). The number of hydrogen-bond acceptors (Lipinski definition) is 3. The summed E-state index contributed by atoms with van der Waals surface area (Å²) < 4.78 is 5.53. The lowest BCUT2D eigenvalue weighted by Gasteiger charge is -2.23. The molecule has 1 saturated heterocycles. The van der Waals surface area contributed by atoms with Crippen molar-refractivity contribution in [3.63, 3.8) is 0 Å². The van der Waals surface area contributed by atoms with E-state index >= 15 is 0 Å². The molecule has 2 amide bonds. The SMILES string of the molecule is CCCC1CC(=NNC(N)=O)CCO1. The fourth-order valence-electron chi connectivity index (χ4n) is 1.51. The van der Waals surface area contributed by atoms with Crippen molar-refractivity contribution < 1.29 is 9.53 Å². The third kappa shape index (κ3) is 3.74. The van der Waals surface area contributed by atoms with Crippen LogP contribution in [-0.2, 0) is 4.74 Å². The summed E-state index contributed by atoms with van der Waals surface area (Å²) in [6.45, 7) is 2.81. The molecule has 5 nitrogen and oxygen atoms in total. The molecule has 1 fully saturated rings. The molecule has 0 bridgehead atoms. The van der Waals surface area contributed by atoms with E-state index in [0.717, 1.165) is 31.4 Å².